The molecule has 2 aromatic rings. The van der Waals surface area contributed by atoms with Crippen LogP contribution in [0.4, 0.5) is 8.78 Å². The maximum Gasteiger partial charge on any atom is 0.236 e. The van der Waals surface area contributed by atoms with E-state index in [1.54, 1.807) is 0 Å². The predicted molar refractivity (Wildman–Crippen MR) is 121 cm³/mol. The van der Waals surface area contributed by atoms with Crippen molar-refractivity contribution in [2.24, 2.45) is 0 Å². The van der Waals surface area contributed by atoms with Crippen molar-refractivity contribution in [2.45, 2.75) is 32.9 Å². The lowest BCUT2D eigenvalue weighted by Gasteiger charge is -2.38. The highest BCUT2D eigenvalue weighted by atomic mass is 19.1. The van der Waals surface area contributed by atoms with Crippen LogP contribution in [0.5, 0.6) is 5.75 Å². The first-order chi connectivity index (χ1) is 15.4. The number of amides is 1. The normalized spacial score (nSPS) is 17.5. The molecule has 1 amide bonds. The fraction of sp³-hybridized carbons (Fsp3) is 0.480. The molecule has 1 saturated heterocycles. The second-order valence-electron chi connectivity index (χ2n) is 8.92. The number of benzene rings is 2. The Morgan fingerprint density at radius 2 is 1.75 bits per heavy atom. The molecule has 0 bridgehead atoms. The van der Waals surface area contributed by atoms with Crippen molar-refractivity contribution in [3.63, 3.8) is 0 Å². The van der Waals surface area contributed by atoms with Gasteiger partial charge in [0.15, 0.2) is 11.6 Å². The van der Waals surface area contributed by atoms with Crippen LogP contribution in [0.2, 0.25) is 0 Å². The van der Waals surface area contributed by atoms with Gasteiger partial charge in [-0.2, -0.15) is 0 Å². The van der Waals surface area contributed by atoms with Crippen LogP contribution in [-0.4, -0.2) is 73.0 Å². The van der Waals surface area contributed by atoms with E-state index < -0.39 is 11.6 Å². The SMILES string of the molecule is COc1cc(F)c(-c2ccc3c(c2)CCN(CC(=O)N2CCN(C(C)C)CC2)C3)cc1F. The van der Waals surface area contributed by atoms with Gasteiger partial charge < -0.3 is 9.64 Å². The van der Waals surface area contributed by atoms with Gasteiger partial charge in [0.05, 0.1) is 13.7 Å². The molecule has 32 heavy (non-hydrogen) atoms. The van der Waals surface area contributed by atoms with Crippen LogP contribution >= 0.6 is 0 Å². The van der Waals surface area contributed by atoms with E-state index in [1.165, 1.54) is 13.2 Å². The third-order valence-corrected chi connectivity index (χ3v) is 6.61. The Kier molecular flexibility index (Phi) is 6.76. The zero-order chi connectivity index (χ0) is 22.8. The molecule has 2 aliphatic rings. The second kappa shape index (κ2) is 9.55. The molecule has 0 aliphatic carbocycles. The molecular weight excluding hydrogens is 412 g/mol. The monoisotopic (exact) mass is 443 g/mol. The van der Waals surface area contributed by atoms with Gasteiger partial charge in [-0.1, -0.05) is 18.2 Å². The topological polar surface area (TPSA) is 36.0 Å². The number of fused-ring (bicyclic) bond motifs is 1. The molecule has 0 unspecified atom stereocenters. The summed E-state index contributed by atoms with van der Waals surface area (Å²) in [6, 6.07) is 8.49. The van der Waals surface area contributed by atoms with Gasteiger partial charge in [0, 0.05) is 56.9 Å². The number of piperazine rings is 1. The van der Waals surface area contributed by atoms with Crippen molar-refractivity contribution in [3.8, 4) is 16.9 Å². The third-order valence-electron chi connectivity index (χ3n) is 6.61. The molecule has 5 nitrogen and oxygen atoms in total. The summed E-state index contributed by atoms with van der Waals surface area (Å²) in [5.74, 6) is -1.01. The Hall–Kier alpha value is -2.51. The van der Waals surface area contributed by atoms with E-state index in [9.17, 15) is 13.6 Å². The minimum Gasteiger partial charge on any atom is -0.494 e. The molecule has 0 atom stereocenters. The first-order valence-electron chi connectivity index (χ1n) is 11.2. The average Bonchev–Trinajstić information content (AvgIpc) is 2.80. The number of rotatable bonds is 5. The van der Waals surface area contributed by atoms with Crippen molar-refractivity contribution in [1.82, 2.24) is 14.7 Å². The van der Waals surface area contributed by atoms with Crippen LogP contribution in [0.15, 0.2) is 30.3 Å². The van der Waals surface area contributed by atoms with Gasteiger partial charge in [-0.05, 0) is 43.0 Å². The summed E-state index contributed by atoms with van der Waals surface area (Å²) < 4.78 is 33.4. The van der Waals surface area contributed by atoms with Crippen LogP contribution in [0.25, 0.3) is 11.1 Å². The van der Waals surface area contributed by atoms with Gasteiger partial charge in [-0.3, -0.25) is 14.6 Å². The number of nitrogens with zero attached hydrogens (tertiary/aromatic N) is 3. The number of carbonyl (C=O) groups is 1. The van der Waals surface area contributed by atoms with Gasteiger partial charge in [0.2, 0.25) is 5.91 Å². The fourth-order valence-corrected chi connectivity index (χ4v) is 4.60. The predicted octanol–water partition coefficient (Wildman–Crippen LogP) is 3.55. The zero-order valence-corrected chi connectivity index (χ0v) is 19.0. The molecule has 1 fully saturated rings. The number of hydrogen-bond acceptors (Lipinski definition) is 4. The molecule has 2 heterocycles. The standard InChI is InChI=1S/C25H31F2N3O2/c1-17(2)29-8-10-30(11-9-29)25(31)16-28-7-6-18-12-19(4-5-20(18)15-28)21-13-23(27)24(32-3)14-22(21)26/h4-5,12-14,17H,6-11,15-16H2,1-3H3. The molecule has 0 spiro atoms. The first-order valence-corrected chi connectivity index (χ1v) is 11.2. The van der Waals surface area contributed by atoms with Crippen LogP contribution in [-0.2, 0) is 17.8 Å². The fourth-order valence-electron chi connectivity index (χ4n) is 4.60. The van der Waals surface area contributed by atoms with Crippen LogP contribution in [0, 0.1) is 11.6 Å². The number of ether oxygens (including phenoxy) is 1. The molecule has 0 radical (unpaired) electrons. The summed E-state index contributed by atoms with van der Waals surface area (Å²) >= 11 is 0. The summed E-state index contributed by atoms with van der Waals surface area (Å²) in [4.78, 5) is 19.3. The lowest BCUT2D eigenvalue weighted by molar-refractivity contribution is -0.134. The molecule has 2 aromatic carbocycles. The highest BCUT2D eigenvalue weighted by molar-refractivity contribution is 5.78. The summed E-state index contributed by atoms with van der Waals surface area (Å²) in [7, 11) is 1.32. The highest BCUT2D eigenvalue weighted by Crippen LogP contribution is 2.31. The van der Waals surface area contributed by atoms with Gasteiger partial charge in [0.1, 0.15) is 5.82 Å². The maximum atomic E-state index is 14.5. The number of hydrogen-bond donors (Lipinski definition) is 0. The highest BCUT2D eigenvalue weighted by Gasteiger charge is 2.25. The molecule has 172 valence electrons. The van der Waals surface area contributed by atoms with E-state index in [4.69, 9.17) is 4.74 Å². The molecule has 4 rings (SSSR count). The quantitative estimate of drug-likeness (QED) is 0.708. The number of halogens is 2. The summed E-state index contributed by atoms with van der Waals surface area (Å²) in [6.07, 6.45) is 0.776. The first kappa shape index (κ1) is 22.7. The van der Waals surface area contributed by atoms with Gasteiger partial charge in [0.25, 0.3) is 0 Å². The van der Waals surface area contributed by atoms with Crippen LogP contribution < -0.4 is 4.74 Å². The molecule has 7 heteroatoms. The molecule has 2 aliphatic heterocycles. The number of carbonyl (C=O) groups excluding carboxylic acids is 1. The van der Waals surface area contributed by atoms with Gasteiger partial charge >= 0.3 is 0 Å². The summed E-state index contributed by atoms with van der Waals surface area (Å²) in [6.45, 7) is 9.68. The number of methoxy groups -OCH3 is 1. The average molecular weight is 444 g/mol. The Labute approximate surface area is 188 Å². The van der Waals surface area contributed by atoms with Crippen LogP contribution in [0.1, 0.15) is 25.0 Å². The molecule has 0 aromatic heterocycles. The minimum absolute atomic E-state index is 0.102. The van der Waals surface area contributed by atoms with E-state index in [0.717, 1.165) is 56.3 Å². The van der Waals surface area contributed by atoms with Crippen molar-refractivity contribution in [2.75, 3.05) is 46.4 Å². The smallest absolute Gasteiger partial charge is 0.236 e. The zero-order valence-electron chi connectivity index (χ0n) is 19.0. The lowest BCUT2D eigenvalue weighted by atomic mass is 9.94. The van der Waals surface area contributed by atoms with Crippen molar-refractivity contribution in [1.29, 1.82) is 0 Å². The Bertz CT molecular complexity index is 987. The third kappa shape index (κ3) is 4.79. The summed E-state index contributed by atoms with van der Waals surface area (Å²) in [5, 5.41) is 0. The minimum atomic E-state index is -0.583. The van der Waals surface area contributed by atoms with Crippen LogP contribution in [0.3, 0.4) is 0 Å². The second-order valence-corrected chi connectivity index (χ2v) is 8.92. The van der Waals surface area contributed by atoms with E-state index in [0.29, 0.717) is 24.7 Å². The van der Waals surface area contributed by atoms with E-state index in [-0.39, 0.29) is 17.2 Å². The Morgan fingerprint density at radius 3 is 2.44 bits per heavy atom. The van der Waals surface area contributed by atoms with E-state index in [1.807, 2.05) is 23.1 Å². The van der Waals surface area contributed by atoms with E-state index >= 15 is 0 Å². The van der Waals surface area contributed by atoms with Crippen molar-refractivity contribution >= 4 is 5.91 Å². The maximum absolute atomic E-state index is 14.5. The largest absolute Gasteiger partial charge is 0.494 e. The van der Waals surface area contributed by atoms with Gasteiger partial charge in [-0.25, -0.2) is 8.78 Å². The van der Waals surface area contributed by atoms with Gasteiger partial charge in [-0.15, -0.1) is 0 Å². The molecule has 0 N–H and O–H groups in total. The van der Waals surface area contributed by atoms with Crippen molar-refractivity contribution < 1.29 is 18.3 Å². The lowest BCUT2D eigenvalue weighted by Crippen LogP contribution is -2.53. The molecular formula is C25H31F2N3O2. The Morgan fingerprint density at radius 1 is 1.00 bits per heavy atom. The Balaban J connectivity index is 1.40. The van der Waals surface area contributed by atoms with E-state index in [2.05, 4.69) is 23.6 Å². The van der Waals surface area contributed by atoms with Crippen molar-refractivity contribution in [3.05, 3.63) is 53.1 Å². The summed E-state index contributed by atoms with van der Waals surface area (Å²) in [5.41, 5.74) is 3.12. The molecule has 0 saturated carbocycles.